The normalized spacial score (nSPS) is 30.8. The van der Waals surface area contributed by atoms with E-state index in [0.717, 1.165) is 20.8 Å². The minimum atomic E-state index is -2.56. The Hall–Kier alpha value is -1.57. The molecule has 0 saturated carbocycles. The zero-order valence-corrected chi connectivity index (χ0v) is 10.8. The highest BCUT2D eigenvalue weighted by molar-refractivity contribution is 6.10. The molecule has 0 saturated heterocycles. The molecule has 1 aliphatic rings. The van der Waals surface area contributed by atoms with Crippen LogP contribution in [0.2, 0.25) is 0 Å². The monoisotopic (exact) mass is 272 g/mol. The van der Waals surface area contributed by atoms with Gasteiger partial charge < -0.3 is 20.1 Å². The lowest BCUT2D eigenvalue weighted by Crippen LogP contribution is -2.61. The zero-order chi connectivity index (χ0) is 15.0. The Kier molecular flexibility index (Phi) is 4.24. The van der Waals surface area contributed by atoms with Gasteiger partial charge in [-0.1, -0.05) is 0 Å². The van der Waals surface area contributed by atoms with Gasteiger partial charge in [0.2, 0.25) is 0 Å². The molecule has 106 valence electrons. The first-order valence-electron chi connectivity index (χ1n) is 5.63. The fraction of sp³-hybridized carbons (Fsp3) is 0.583. The standard InChI is InChI=1S/C12H16O7/c1-5(14)9-10(6(2)15)19-8(4-13)11(17)12(9,18)7(3)16/h8,11,13,17-18H,4H2,1-3H3/t8-,11-,12-/m0/s1. The Bertz CT molecular complexity index is 465. The molecule has 3 atom stereocenters. The Morgan fingerprint density at radius 3 is 2.05 bits per heavy atom. The van der Waals surface area contributed by atoms with Crippen molar-refractivity contribution in [3.63, 3.8) is 0 Å². The predicted octanol–water partition coefficient (Wildman–Crippen LogP) is -1.51. The molecule has 0 bridgehead atoms. The number of hydrogen-bond acceptors (Lipinski definition) is 7. The molecule has 0 radical (unpaired) electrons. The Morgan fingerprint density at radius 2 is 1.74 bits per heavy atom. The van der Waals surface area contributed by atoms with Gasteiger partial charge in [-0.2, -0.15) is 0 Å². The largest absolute Gasteiger partial charge is 0.481 e. The number of aliphatic hydroxyl groups is 3. The van der Waals surface area contributed by atoms with E-state index < -0.39 is 53.1 Å². The van der Waals surface area contributed by atoms with Crippen molar-refractivity contribution in [1.82, 2.24) is 0 Å². The maximum Gasteiger partial charge on any atom is 0.194 e. The van der Waals surface area contributed by atoms with E-state index in [2.05, 4.69) is 0 Å². The van der Waals surface area contributed by atoms with E-state index in [9.17, 15) is 24.6 Å². The molecule has 0 aliphatic carbocycles. The van der Waals surface area contributed by atoms with E-state index in [-0.39, 0.29) is 0 Å². The first kappa shape index (κ1) is 15.5. The van der Waals surface area contributed by atoms with E-state index in [0.29, 0.717) is 0 Å². The van der Waals surface area contributed by atoms with Gasteiger partial charge in [-0.25, -0.2) is 0 Å². The van der Waals surface area contributed by atoms with Crippen molar-refractivity contribution in [3.05, 3.63) is 11.3 Å². The van der Waals surface area contributed by atoms with Crippen molar-refractivity contribution < 1.29 is 34.4 Å². The van der Waals surface area contributed by atoms with Crippen LogP contribution in [0, 0.1) is 0 Å². The van der Waals surface area contributed by atoms with Crippen LogP contribution in [0.15, 0.2) is 11.3 Å². The lowest BCUT2D eigenvalue weighted by Gasteiger charge is -2.40. The third-order valence-electron chi connectivity index (χ3n) is 3.05. The van der Waals surface area contributed by atoms with E-state index >= 15 is 0 Å². The van der Waals surface area contributed by atoms with Crippen molar-refractivity contribution in [2.45, 2.75) is 38.6 Å². The lowest BCUT2D eigenvalue weighted by atomic mass is 9.77. The average molecular weight is 272 g/mol. The topological polar surface area (TPSA) is 121 Å². The molecule has 1 heterocycles. The summed E-state index contributed by atoms with van der Waals surface area (Å²) < 4.78 is 5.03. The van der Waals surface area contributed by atoms with Crippen LogP contribution < -0.4 is 0 Å². The number of allylic oxidation sites excluding steroid dienone is 1. The summed E-state index contributed by atoms with van der Waals surface area (Å²) in [5, 5.41) is 29.3. The van der Waals surface area contributed by atoms with Gasteiger partial charge in [0, 0.05) is 6.92 Å². The molecule has 7 nitrogen and oxygen atoms in total. The Labute approximate surface area is 109 Å². The molecule has 1 rings (SSSR count). The van der Waals surface area contributed by atoms with Gasteiger partial charge >= 0.3 is 0 Å². The van der Waals surface area contributed by atoms with Crippen molar-refractivity contribution in [3.8, 4) is 0 Å². The molecule has 19 heavy (non-hydrogen) atoms. The van der Waals surface area contributed by atoms with Crippen LogP contribution in [0.3, 0.4) is 0 Å². The van der Waals surface area contributed by atoms with Crippen LogP contribution in [0.5, 0.6) is 0 Å². The molecular weight excluding hydrogens is 256 g/mol. The first-order valence-corrected chi connectivity index (χ1v) is 5.63. The van der Waals surface area contributed by atoms with Gasteiger partial charge in [-0.05, 0) is 13.8 Å². The number of ether oxygens (including phenoxy) is 1. The SMILES string of the molecule is CC(=O)C1=C(C(C)=O)[C@@](O)(C(C)=O)[C@@H](O)[C@H](CO)O1. The molecule has 0 unspecified atom stereocenters. The van der Waals surface area contributed by atoms with Gasteiger partial charge in [0.05, 0.1) is 12.2 Å². The summed E-state index contributed by atoms with van der Waals surface area (Å²) in [6.45, 7) is 2.38. The van der Waals surface area contributed by atoms with Crippen LogP contribution in [0.25, 0.3) is 0 Å². The number of Topliss-reactive ketones (excluding diaryl/α,β-unsaturated/α-hetero) is 3. The fourth-order valence-corrected chi connectivity index (χ4v) is 2.07. The summed E-state index contributed by atoms with van der Waals surface area (Å²) >= 11 is 0. The number of ketones is 3. The fourth-order valence-electron chi connectivity index (χ4n) is 2.07. The van der Waals surface area contributed by atoms with Gasteiger partial charge in [-0.3, -0.25) is 14.4 Å². The smallest absolute Gasteiger partial charge is 0.194 e. The van der Waals surface area contributed by atoms with Crippen LogP contribution in [-0.2, 0) is 19.1 Å². The average Bonchev–Trinajstić information content (AvgIpc) is 2.30. The van der Waals surface area contributed by atoms with Gasteiger partial charge in [0.15, 0.2) is 34.8 Å². The molecule has 1 aliphatic heterocycles. The molecule has 0 aromatic rings. The van der Waals surface area contributed by atoms with E-state index in [1.807, 2.05) is 0 Å². The van der Waals surface area contributed by atoms with E-state index in [1.54, 1.807) is 0 Å². The molecular formula is C12H16O7. The predicted molar refractivity (Wildman–Crippen MR) is 62.0 cm³/mol. The van der Waals surface area contributed by atoms with Gasteiger partial charge in [0.25, 0.3) is 0 Å². The number of carbonyl (C=O) groups is 3. The zero-order valence-electron chi connectivity index (χ0n) is 10.8. The summed E-state index contributed by atoms with van der Waals surface area (Å²) in [5.74, 6) is -2.87. The van der Waals surface area contributed by atoms with Gasteiger partial charge in [0.1, 0.15) is 6.10 Å². The second-order valence-electron chi connectivity index (χ2n) is 4.42. The number of hydrogen-bond donors (Lipinski definition) is 3. The van der Waals surface area contributed by atoms with Gasteiger partial charge in [-0.15, -0.1) is 0 Å². The minimum absolute atomic E-state index is 0.505. The molecule has 0 spiro atoms. The third-order valence-corrected chi connectivity index (χ3v) is 3.05. The minimum Gasteiger partial charge on any atom is -0.481 e. The van der Waals surface area contributed by atoms with Crippen molar-refractivity contribution in [2.75, 3.05) is 6.61 Å². The molecule has 7 heteroatoms. The van der Waals surface area contributed by atoms with Crippen molar-refractivity contribution in [1.29, 1.82) is 0 Å². The van der Waals surface area contributed by atoms with E-state index in [4.69, 9.17) is 9.84 Å². The summed E-state index contributed by atoms with van der Waals surface area (Å²) in [4.78, 5) is 34.7. The number of carbonyl (C=O) groups excluding carboxylic acids is 3. The molecule has 0 aromatic heterocycles. The van der Waals surface area contributed by atoms with Crippen molar-refractivity contribution in [2.24, 2.45) is 0 Å². The Morgan fingerprint density at radius 1 is 1.21 bits per heavy atom. The summed E-state index contributed by atoms with van der Waals surface area (Å²) in [6.07, 6.45) is -3.20. The van der Waals surface area contributed by atoms with Crippen LogP contribution >= 0.6 is 0 Å². The second-order valence-corrected chi connectivity index (χ2v) is 4.42. The molecule has 0 amide bonds. The number of rotatable bonds is 4. The summed E-state index contributed by atoms with van der Waals surface area (Å²) in [5.41, 5.74) is -3.14. The third kappa shape index (κ3) is 2.32. The molecule has 3 N–H and O–H groups in total. The summed E-state index contributed by atoms with van der Waals surface area (Å²) in [6, 6.07) is 0. The molecule has 0 aromatic carbocycles. The highest BCUT2D eigenvalue weighted by Gasteiger charge is 2.55. The van der Waals surface area contributed by atoms with E-state index in [1.165, 1.54) is 0 Å². The van der Waals surface area contributed by atoms with Crippen LogP contribution in [0.4, 0.5) is 0 Å². The van der Waals surface area contributed by atoms with Crippen LogP contribution in [-0.4, -0.2) is 57.1 Å². The second kappa shape index (κ2) is 5.20. The lowest BCUT2D eigenvalue weighted by molar-refractivity contribution is -0.169. The first-order chi connectivity index (χ1) is 8.67. The summed E-state index contributed by atoms with van der Waals surface area (Å²) in [7, 11) is 0. The Balaban J connectivity index is 3.61. The maximum atomic E-state index is 11.6. The van der Waals surface area contributed by atoms with Crippen LogP contribution in [0.1, 0.15) is 20.8 Å². The maximum absolute atomic E-state index is 11.6. The quantitative estimate of drug-likeness (QED) is 0.569. The molecule has 0 fully saturated rings. The number of aliphatic hydroxyl groups excluding tert-OH is 2. The highest BCUT2D eigenvalue weighted by Crippen LogP contribution is 2.35. The van der Waals surface area contributed by atoms with Crippen molar-refractivity contribution >= 4 is 17.3 Å². The highest BCUT2D eigenvalue weighted by atomic mass is 16.5.